The fraction of sp³-hybridized carbons (Fsp3) is 0.714. The van der Waals surface area contributed by atoms with Crippen molar-refractivity contribution in [2.75, 3.05) is 19.8 Å². The number of hydrogen-bond acceptors (Lipinski definition) is 4. The van der Waals surface area contributed by atoms with E-state index in [0.29, 0.717) is 31.7 Å². The van der Waals surface area contributed by atoms with E-state index in [0.717, 1.165) is 5.69 Å². The van der Waals surface area contributed by atoms with Crippen molar-refractivity contribution in [3.05, 3.63) is 18.0 Å². The molecule has 1 rings (SSSR count). The number of aromatic amines is 1. The second-order valence-electron chi connectivity index (χ2n) is 5.76. The first kappa shape index (κ1) is 18.2. The molecule has 0 aromatic carbocycles. The molecule has 0 saturated carbocycles. The fourth-order valence-electron chi connectivity index (χ4n) is 1.64. The number of hydrogen-bond donors (Lipinski definition) is 3. The summed E-state index contributed by atoms with van der Waals surface area (Å²) in [4.78, 5) is 3.23. The smallest absolute Gasteiger partial charge is 0.242 e. The lowest BCUT2D eigenvalue weighted by molar-refractivity contribution is 0.114. The predicted octanol–water partition coefficient (Wildman–Crippen LogP) is 1.46. The maximum atomic E-state index is 12.1. The highest BCUT2D eigenvalue weighted by molar-refractivity contribution is 7.89. The van der Waals surface area contributed by atoms with Gasteiger partial charge in [0.25, 0.3) is 0 Å². The zero-order valence-corrected chi connectivity index (χ0v) is 14.1. The Hall–Kier alpha value is -0.890. The van der Waals surface area contributed by atoms with E-state index in [1.807, 2.05) is 13.8 Å². The van der Waals surface area contributed by atoms with E-state index in [-0.39, 0.29) is 11.4 Å². The van der Waals surface area contributed by atoms with Crippen molar-refractivity contribution in [1.29, 1.82) is 0 Å². The second-order valence-corrected chi connectivity index (χ2v) is 7.53. The van der Waals surface area contributed by atoms with E-state index >= 15 is 0 Å². The van der Waals surface area contributed by atoms with Crippen molar-refractivity contribution in [3.8, 4) is 0 Å². The lowest BCUT2D eigenvalue weighted by Crippen LogP contribution is -2.27. The van der Waals surface area contributed by atoms with Gasteiger partial charge >= 0.3 is 0 Å². The van der Waals surface area contributed by atoms with Gasteiger partial charge in [-0.05, 0) is 12.0 Å². The van der Waals surface area contributed by atoms with Gasteiger partial charge in [0, 0.05) is 37.6 Å². The van der Waals surface area contributed by atoms with Crippen LogP contribution < -0.4 is 10.0 Å². The van der Waals surface area contributed by atoms with Crippen LogP contribution >= 0.6 is 0 Å². The lowest BCUT2D eigenvalue weighted by atomic mass is 10.2. The topological polar surface area (TPSA) is 83.2 Å². The van der Waals surface area contributed by atoms with Gasteiger partial charge < -0.3 is 15.0 Å². The van der Waals surface area contributed by atoms with Crippen molar-refractivity contribution in [3.63, 3.8) is 0 Å². The number of nitrogens with one attached hydrogen (secondary N) is 3. The van der Waals surface area contributed by atoms with Crippen molar-refractivity contribution >= 4 is 10.0 Å². The highest BCUT2D eigenvalue weighted by atomic mass is 32.2. The minimum atomic E-state index is -3.47. The monoisotopic (exact) mass is 317 g/mol. The zero-order chi connectivity index (χ0) is 15.9. The molecule has 3 N–H and O–H groups in total. The number of sulfonamides is 1. The first-order valence-corrected chi connectivity index (χ1v) is 8.77. The molecule has 122 valence electrons. The highest BCUT2D eigenvalue weighted by Crippen LogP contribution is 2.10. The summed E-state index contributed by atoms with van der Waals surface area (Å²) in [6.07, 6.45) is 1.51. The molecule has 1 heterocycles. The van der Waals surface area contributed by atoms with Crippen LogP contribution in [0.2, 0.25) is 0 Å². The molecule has 1 aromatic rings. The van der Waals surface area contributed by atoms with E-state index in [1.54, 1.807) is 6.07 Å². The molecule has 0 aliphatic heterocycles. The van der Waals surface area contributed by atoms with Gasteiger partial charge in [0.2, 0.25) is 10.0 Å². The summed E-state index contributed by atoms with van der Waals surface area (Å²) >= 11 is 0. The molecular weight excluding hydrogens is 290 g/mol. The van der Waals surface area contributed by atoms with Crippen LogP contribution in [0.25, 0.3) is 0 Å². The van der Waals surface area contributed by atoms with E-state index < -0.39 is 10.0 Å². The minimum Gasteiger partial charge on any atom is -0.380 e. The number of ether oxygens (including phenoxy) is 1. The Morgan fingerprint density at radius 2 is 2.00 bits per heavy atom. The van der Waals surface area contributed by atoms with Crippen molar-refractivity contribution < 1.29 is 13.2 Å². The summed E-state index contributed by atoms with van der Waals surface area (Å²) < 4.78 is 32.0. The maximum Gasteiger partial charge on any atom is 0.242 e. The van der Waals surface area contributed by atoms with E-state index in [4.69, 9.17) is 4.74 Å². The van der Waals surface area contributed by atoms with E-state index in [9.17, 15) is 8.42 Å². The number of aromatic nitrogens is 1. The molecule has 0 radical (unpaired) electrons. The van der Waals surface area contributed by atoms with Gasteiger partial charge in [-0.1, -0.05) is 27.7 Å². The number of H-pyrrole nitrogens is 1. The standard InChI is InChI=1S/C14H27N3O3S/c1-11(2)10-20-6-5-17-21(18,19)14-7-13(16-9-14)8-15-12(3)4/h7,9,11-12,15-17H,5-6,8,10H2,1-4H3. The third kappa shape index (κ3) is 7.08. The van der Waals surface area contributed by atoms with E-state index in [2.05, 4.69) is 28.9 Å². The van der Waals surface area contributed by atoms with Crippen molar-refractivity contribution in [2.45, 2.75) is 45.2 Å². The molecule has 0 aliphatic carbocycles. The summed E-state index contributed by atoms with van der Waals surface area (Å²) in [5, 5.41) is 3.23. The lowest BCUT2D eigenvalue weighted by Gasteiger charge is -2.08. The Kier molecular flexibility index (Phi) is 7.37. The summed E-state index contributed by atoms with van der Waals surface area (Å²) in [6, 6.07) is 2.00. The SMILES string of the molecule is CC(C)COCCNS(=O)(=O)c1c[nH]c(CNC(C)C)c1. The first-order valence-electron chi connectivity index (χ1n) is 7.29. The molecule has 0 atom stereocenters. The van der Waals surface area contributed by atoms with E-state index in [1.165, 1.54) is 6.20 Å². The third-order valence-electron chi connectivity index (χ3n) is 2.72. The van der Waals surface area contributed by atoms with Crippen LogP contribution in [0.4, 0.5) is 0 Å². The van der Waals surface area contributed by atoms with Crippen LogP contribution in [-0.4, -0.2) is 39.2 Å². The molecular formula is C14H27N3O3S. The van der Waals surface area contributed by atoms with Crippen LogP contribution in [0.1, 0.15) is 33.4 Å². The summed E-state index contributed by atoms with van der Waals surface area (Å²) in [7, 11) is -3.47. The van der Waals surface area contributed by atoms with Crippen molar-refractivity contribution in [2.24, 2.45) is 5.92 Å². The van der Waals surface area contributed by atoms with Crippen LogP contribution in [0.5, 0.6) is 0 Å². The Morgan fingerprint density at radius 1 is 1.29 bits per heavy atom. The average molecular weight is 317 g/mol. The quantitative estimate of drug-likeness (QED) is 0.571. The van der Waals surface area contributed by atoms with Crippen LogP contribution in [-0.2, 0) is 21.3 Å². The predicted molar refractivity (Wildman–Crippen MR) is 83.6 cm³/mol. The Labute approximate surface area is 127 Å². The Morgan fingerprint density at radius 3 is 2.62 bits per heavy atom. The van der Waals surface area contributed by atoms with Gasteiger partial charge in [0.05, 0.1) is 11.5 Å². The summed E-state index contributed by atoms with van der Waals surface area (Å²) in [6.45, 7) is 10.1. The number of rotatable bonds is 10. The second kappa shape index (κ2) is 8.53. The van der Waals surface area contributed by atoms with Gasteiger partial charge in [0.15, 0.2) is 0 Å². The Balaban J connectivity index is 2.43. The molecule has 1 aromatic heterocycles. The molecule has 0 saturated heterocycles. The third-order valence-corrected chi connectivity index (χ3v) is 4.16. The molecule has 0 bridgehead atoms. The van der Waals surface area contributed by atoms with Gasteiger partial charge in [-0.3, -0.25) is 0 Å². The fourth-order valence-corrected chi connectivity index (χ4v) is 2.67. The van der Waals surface area contributed by atoms with Crippen molar-refractivity contribution in [1.82, 2.24) is 15.0 Å². The van der Waals surface area contributed by atoms with Gasteiger partial charge in [0.1, 0.15) is 0 Å². The first-order chi connectivity index (χ1) is 9.81. The zero-order valence-electron chi connectivity index (χ0n) is 13.3. The molecule has 0 fully saturated rings. The molecule has 21 heavy (non-hydrogen) atoms. The van der Waals surface area contributed by atoms with Crippen LogP contribution in [0, 0.1) is 5.92 Å². The highest BCUT2D eigenvalue weighted by Gasteiger charge is 2.15. The van der Waals surface area contributed by atoms with Crippen LogP contribution in [0.3, 0.4) is 0 Å². The Bertz CT molecular complexity index is 509. The van der Waals surface area contributed by atoms with Gasteiger partial charge in [-0.2, -0.15) is 0 Å². The van der Waals surface area contributed by atoms with Gasteiger partial charge in [-0.25, -0.2) is 13.1 Å². The molecule has 0 aliphatic rings. The normalized spacial score (nSPS) is 12.5. The average Bonchev–Trinajstić information content (AvgIpc) is 2.85. The molecule has 0 unspecified atom stereocenters. The summed E-state index contributed by atoms with van der Waals surface area (Å²) in [5.74, 6) is 0.447. The molecule has 6 nitrogen and oxygen atoms in total. The largest absolute Gasteiger partial charge is 0.380 e. The summed E-state index contributed by atoms with van der Waals surface area (Å²) in [5.41, 5.74) is 0.847. The minimum absolute atomic E-state index is 0.256. The van der Waals surface area contributed by atoms with Gasteiger partial charge in [-0.15, -0.1) is 0 Å². The molecule has 7 heteroatoms. The molecule has 0 amide bonds. The van der Waals surface area contributed by atoms with Crippen LogP contribution in [0.15, 0.2) is 17.2 Å². The molecule has 0 spiro atoms. The maximum absolute atomic E-state index is 12.1.